The summed E-state index contributed by atoms with van der Waals surface area (Å²) in [6.45, 7) is 6.83. The van der Waals surface area contributed by atoms with Gasteiger partial charge >= 0.3 is 0 Å². The molecule has 25 heavy (non-hydrogen) atoms. The smallest absolute Gasteiger partial charge is 0.0681 e. The molecule has 126 valence electrons. The Morgan fingerprint density at radius 1 is 0.800 bits per heavy atom. The van der Waals surface area contributed by atoms with Crippen LogP contribution in [-0.2, 0) is 12.0 Å². The van der Waals surface area contributed by atoms with Crippen molar-refractivity contribution in [3.05, 3.63) is 82.9 Å². The fraction of sp³-hybridized carbons (Fsp3) is 0.217. The third-order valence-corrected chi connectivity index (χ3v) is 5.26. The van der Waals surface area contributed by atoms with Gasteiger partial charge in [-0.3, -0.25) is 0 Å². The predicted molar refractivity (Wildman–Crippen MR) is 104 cm³/mol. The van der Waals surface area contributed by atoms with E-state index < -0.39 is 0 Å². The molecule has 0 radical (unpaired) electrons. The lowest BCUT2D eigenvalue weighted by molar-refractivity contribution is 0.282. The van der Waals surface area contributed by atoms with E-state index in [0.717, 1.165) is 16.9 Å². The number of fused-ring (bicyclic) bond motifs is 3. The summed E-state index contributed by atoms with van der Waals surface area (Å²) in [6.07, 6.45) is 0. The summed E-state index contributed by atoms with van der Waals surface area (Å²) in [4.78, 5) is 0. The molecule has 0 unspecified atom stereocenters. The zero-order valence-corrected chi connectivity index (χ0v) is 14.9. The average Bonchev–Trinajstić information content (AvgIpc) is 2.83. The molecule has 3 aromatic rings. The van der Waals surface area contributed by atoms with Crippen molar-refractivity contribution in [3.63, 3.8) is 0 Å². The first-order valence-corrected chi connectivity index (χ1v) is 8.72. The summed E-state index contributed by atoms with van der Waals surface area (Å²) in [6, 6.07) is 21.3. The third-order valence-electron chi connectivity index (χ3n) is 5.26. The Kier molecular flexibility index (Phi) is 3.66. The van der Waals surface area contributed by atoms with Crippen molar-refractivity contribution in [2.75, 3.05) is 5.32 Å². The largest absolute Gasteiger partial charge is 0.392 e. The maximum absolute atomic E-state index is 9.17. The normalized spacial score (nSPS) is 14.1. The minimum absolute atomic E-state index is 0.00905. The van der Waals surface area contributed by atoms with Crippen LogP contribution < -0.4 is 5.32 Å². The lowest BCUT2D eigenvalue weighted by Crippen LogP contribution is -2.15. The van der Waals surface area contributed by atoms with Crippen LogP contribution in [-0.4, -0.2) is 5.11 Å². The lowest BCUT2D eigenvalue weighted by Gasteiger charge is -2.22. The molecule has 0 heterocycles. The van der Waals surface area contributed by atoms with Crippen molar-refractivity contribution in [2.24, 2.45) is 0 Å². The minimum Gasteiger partial charge on any atom is -0.392 e. The van der Waals surface area contributed by atoms with Crippen molar-refractivity contribution in [1.82, 2.24) is 0 Å². The van der Waals surface area contributed by atoms with Crippen molar-refractivity contribution < 1.29 is 5.11 Å². The SMILES string of the molecule is Cc1ccc2c(c1)C(C)(C)c1cc(Nc3ccc(CO)cc3)ccc1-2. The van der Waals surface area contributed by atoms with Gasteiger partial charge in [-0.1, -0.05) is 55.8 Å². The molecule has 1 aliphatic carbocycles. The number of aryl methyl sites for hydroxylation is 1. The van der Waals surface area contributed by atoms with Gasteiger partial charge in [0.25, 0.3) is 0 Å². The van der Waals surface area contributed by atoms with Crippen molar-refractivity contribution >= 4 is 11.4 Å². The summed E-state index contributed by atoms with van der Waals surface area (Å²) in [5, 5.41) is 12.6. The van der Waals surface area contributed by atoms with Gasteiger partial charge in [-0.15, -0.1) is 0 Å². The molecule has 0 spiro atoms. The predicted octanol–water partition coefficient (Wildman–Crippen LogP) is 5.54. The van der Waals surface area contributed by atoms with Crippen LogP contribution in [0.15, 0.2) is 60.7 Å². The van der Waals surface area contributed by atoms with Gasteiger partial charge in [-0.2, -0.15) is 0 Å². The van der Waals surface area contributed by atoms with E-state index in [4.69, 9.17) is 5.11 Å². The zero-order chi connectivity index (χ0) is 17.6. The van der Waals surface area contributed by atoms with Gasteiger partial charge in [0.15, 0.2) is 0 Å². The second-order valence-electron chi connectivity index (χ2n) is 7.41. The Labute approximate surface area is 149 Å². The molecular weight excluding hydrogens is 306 g/mol. The molecule has 0 saturated heterocycles. The molecule has 0 fully saturated rings. The van der Waals surface area contributed by atoms with Crippen LogP contribution in [0.1, 0.15) is 36.1 Å². The van der Waals surface area contributed by atoms with Crippen molar-refractivity contribution in [3.8, 4) is 11.1 Å². The monoisotopic (exact) mass is 329 g/mol. The Morgan fingerprint density at radius 3 is 2.08 bits per heavy atom. The second kappa shape index (κ2) is 5.75. The summed E-state index contributed by atoms with van der Waals surface area (Å²) in [5.74, 6) is 0. The van der Waals surface area contributed by atoms with Gasteiger partial charge < -0.3 is 10.4 Å². The first kappa shape index (κ1) is 15.9. The molecular formula is C23H23NO. The van der Waals surface area contributed by atoms with Gasteiger partial charge in [-0.05, 0) is 59.0 Å². The molecule has 0 aliphatic heterocycles. The van der Waals surface area contributed by atoms with Gasteiger partial charge in [0, 0.05) is 16.8 Å². The fourth-order valence-electron chi connectivity index (χ4n) is 3.79. The molecule has 0 atom stereocenters. The number of aliphatic hydroxyl groups is 1. The van der Waals surface area contributed by atoms with E-state index in [1.165, 1.54) is 27.8 Å². The molecule has 0 bridgehead atoms. The number of aliphatic hydroxyl groups excluding tert-OH is 1. The van der Waals surface area contributed by atoms with Crippen LogP contribution >= 0.6 is 0 Å². The molecule has 4 rings (SSSR count). The topological polar surface area (TPSA) is 32.3 Å². The maximum Gasteiger partial charge on any atom is 0.0681 e. The van der Waals surface area contributed by atoms with Crippen LogP contribution in [0.3, 0.4) is 0 Å². The summed E-state index contributed by atoms with van der Waals surface area (Å²) in [7, 11) is 0. The third kappa shape index (κ3) is 2.63. The van der Waals surface area contributed by atoms with E-state index in [9.17, 15) is 0 Å². The Bertz CT molecular complexity index is 939. The van der Waals surface area contributed by atoms with E-state index in [0.29, 0.717) is 0 Å². The van der Waals surface area contributed by atoms with Gasteiger partial charge in [-0.25, -0.2) is 0 Å². The van der Waals surface area contributed by atoms with Crippen LogP contribution in [0.2, 0.25) is 0 Å². The highest BCUT2D eigenvalue weighted by Gasteiger charge is 2.35. The Balaban J connectivity index is 1.71. The van der Waals surface area contributed by atoms with E-state index in [1.807, 2.05) is 24.3 Å². The highest BCUT2D eigenvalue weighted by Crippen LogP contribution is 2.49. The maximum atomic E-state index is 9.17. The van der Waals surface area contributed by atoms with E-state index in [2.05, 4.69) is 62.5 Å². The molecule has 3 aromatic carbocycles. The molecule has 0 aromatic heterocycles. The number of nitrogens with one attached hydrogen (secondary N) is 1. The zero-order valence-electron chi connectivity index (χ0n) is 14.9. The number of anilines is 2. The summed E-state index contributed by atoms with van der Waals surface area (Å²) in [5.41, 5.74) is 9.82. The first-order chi connectivity index (χ1) is 12.0. The van der Waals surface area contributed by atoms with Crippen LogP contribution in [0, 0.1) is 6.92 Å². The highest BCUT2D eigenvalue weighted by molar-refractivity contribution is 5.83. The Hall–Kier alpha value is -2.58. The molecule has 2 nitrogen and oxygen atoms in total. The van der Waals surface area contributed by atoms with E-state index in [-0.39, 0.29) is 12.0 Å². The second-order valence-corrected chi connectivity index (χ2v) is 7.41. The quantitative estimate of drug-likeness (QED) is 0.661. The van der Waals surface area contributed by atoms with Gasteiger partial charge in [0.05, 0.1) is 6.61 Å². The standard InChI is InChI=1S/C23H23NO/c1-15-4-10-19-20-11-9-18(13-22(20)23(2,3)21(19)12-15)24-17-7-5-16(14-25)6-8-17/h4-13,24-25H,14H2,1-3H3. The van der Waals surface area contributed by atoms with Crippen molar-refractivity contribution in [1.29, 1.82) is 0 Å². The molecule has 2 N–H and O–H groups in total. The summed E-state index contributed by atoms with van der Waals surface area (Å²) < 4.78 is 0. The number of hydrogen-bond acceptors (Lipinski definition) is 2. The van der Waals surface area contributed by atoms with E-state index in [1.54, 1.807) is 0 Å². The minimum atomic E-state index is 0.00905. The molecule has 0 saturated carbocycles. The molecule has 0 amide bonds. The number of rotatable bonds is 3. The van der Waals surface area contributed by atoms with Crippen LogP contribution in [0.5, 0.6) is 0 Å². The number of benzene rings is 3. The first-order valence-electron chi connectivity index (χ1n) is 8.72. The van der Waals surface area contributed by atoms with Gasteiger partial charge in [0.2, 0.25) is 0 Å². The Morgan fingerprint density at radius 2 is 1.40 bits per heavy atom. The van der Waals surface area contributed by atoms with Crippen molar-refractivity contribution in [2.45, 2.75) is 32.8 Å². The van der Waals surface area contributed by atoms with Crippen LogP contribution in [0.25, 0.3) is 11.1 Å². The number of hydrogen-bond donors (Lipinski definition) is 2. The summed E-state index contributed by atoms with van der Waals surface area (Å²) >= 11 is 0. The highest BCUT2D eigenvalue weighted by atomic mass is 16.3. The van der Waals surface area contributed by atoms with E-state index >= 15 is 0 Å². The fourth-order valence-corrected chi connectivity index (χ4v) is 3.79. The molecule has 1 aliphatic rings. The average molecular weight is 329 g/mol. The lowest BCUT2D eigenvalue weighted by atomic mass is 9.82. The van der Waals surface area contributed by atoms with Gasteiger partial charge in [0.1, 0.15) is 0 Å². The van der Waals surface area contributed by atoms with Crippen LogP contribution in [0.4, 0.5) is 11.4 Å². The molecule has 2 heteroatoms.